The van der Waals surface area contributed by atoms with Crippen LogP contribution in [-0.2, 0) is 4.79 Å². The first-order chi connectivity index (χ1) is 8.06. The van der Waals surface area contributed by atoms with E-state index in [0.29, 0.717) is 5.92 Å². The van der Waals surface area contributed by atoms with Crippen LogP contribution >= 0.6 is 15.9 Å². The molecule has 0 bridgehead atoms. The number of nitrogens with one attached hydrogen (secondary N) is 1. The normalized spacial score (nSPS) is 35.4. The second kappa shape index (κ2) is 5.29. The van der Waals surface area contributed by atoms with E-state index in [2.05, 4.69) is 35.1 Å². The molecular weight excluding hydrogens is 278 g/mol. The smallest absolute Gasteiger partial charge is 0.223 e. The van der Waals surface area contributed by atoms with Gasteiger partial charge in [-0.05, 0) is 37.5 Å². The van der Waals surface area contributed by atoms with Gasteiger partial charge in [0, 0.05) is 16.8 Å². The molecule has 2 fully saturated rings. The molecule has 0 spiro atoms. The van der Waals surface area contributed by atoms with E-state index in [1.54, 1.807) is 0 Å². The van der Waals surface area contributed by atoms with Gasteiger partial charge in [-0.25, -0.2) is 0 Å². The van der Waals surface area contributed by atoms with E-state index in [4.69, 9.17) is 0 Å². The lowest BCUT2D eigenvalue weighted by Crippen LogP contribution is -2.54. The monoisotopic (exact) mass is 301 g/mol. The molecule has 1 amide bonds. The molecule has 0 aromatic heterocycles. The van der Waals surface area contributed by atoms with Gasteiger partial charge in [-0.3, -0.25) is 4.79 Å². The topological polar surface area (TPSA) is 29.1 Å². The summed E-state index contributed by atoms with van der Waals surface area (Å²) in [6.45, 7) is 4.38. The lowest BCUT2D eigenvalue weighted by molar-refractivity contribution is -0.127. The number of amides is 1. The molecule has 3 atom stereocenters. The molecule has 0 aromatic rings. The number of alkyl halides is 1. The van der Waals surface area contributed by atoms with Gasteiger partial charge < -0.3 is 5.32 Å². The number of hydrogen-bond acceptors (Lipinski definition) is 1. The van der Waals surface area contributed by atoms with Gasteiger partial charge in [0.05, 0.1) is 0 Å². The Morgan fingerprint density at radius 2 is 2.18 bits per heavy atom. The van der Waals surface area contributed by atoms with E-state index in [1.165, 1.54) is 25.7 Å². The highest BCUT2D eigenvalue weighted by atomic mass is 79.9. The van der Waals surface area contributed by atoms with Gasteiger partial charge in [0.15, 0.2) is 0 Å². The summed E-state index contributed by atoms with van der Waals surface area (Å²) in [4.78, 5) is 12.2. The number of hydrogen-bond donors (Lipinski definition) is 1. The Hall–Kier alpha value is -0.0500. The minimum atomic E-state index is 0.0257. The van der Waals surface area contributed by atoms with Crippen molar-refractivity contribution in [1.82, 2.24) is 5.32 Å². The molecule has 0 aliphatic heterocycles. The Morgan fingerprint density at radius 3 is 2.71 bits per heavy atom. The Labute approximate surface area is 113 Å². The van der Waals surface area contributed by atoms with Gasteiger partial charge in [0.25, 0.3) is 0 Å². The lowest BCUT2D eigenvalue weighted by atomic mass is 9.77. The summed E-state index contributed by atoms with van der Waals surface area (Å²) in [6.07, 6.45) is 7.29. The number of carbonyl (C=O) groups is 1. The maximum absolute atomic E-state index is 12.2. The zero-order valence-electron chi connectivity index (χ0n) is 11.0. The molecular formula is C14H24BrNO. The highest BCUT2D eigenvalue weighted by Crippen LogP contribution is 2.38. The van der Waals surface area contributed by atoms with Gasteiger partial charge in [0.1, 0.15) is 0 Å². The zero-order valence-corrected chi connectivity index (χ0v) is 12.6. The number of rotatable bonds is 4. The Morgan fingerprint density at radius 1 is 1.47 bits per heavy atom. The van der Waals surface area contributed by atoms with Crippen molar-refractivity contribution in [3.63, 3.8) is 0 Å². The number of carbonyl (C=O) groups excluding carboxylic acids is 1. The van der Waals surface area contributed by atoms with E-state index >= 15 is 0 Å². The van der Waals surface area contributed by atoms with Crippen LogP contribution in [0.2, 0.25) is 0 Å². The third kappa shape index (κ3) is 3.24. The van der Waals surface area contributed by atoms with E-state index in [9.17, 15) is 4.79 Å². The quantitative estimate of drug-likeness (QED) is 0.791. The maximum Gasteiger partial charge on any atom is 0.223 e. The van der Waals surface area contributed by atoms with Crippen LogP contribution in [0.5, 0.6) is 0 Å². The van der Waals surface area contributed by atoms with Crippen molar-refractivity contribution in [1.29, 1.82) is 0 Å². The Balaban J connectivity index is 1.95. The molecule has 0 heterocycles. The van der Waals surface area contributed by atoms with Crippen molar-refractivity contribution in [2.24, 2.45) is 17.8 Å². The fourth-order valence-corrected chi connectivity index (χ4v) is 3.76. The van der Waals surface area contributed by atoms with E-state index in [1.807, 2.05) is 0 Å². The molecule has 2 saturated carbocycles. The SMILES string of the molecule is CC1CCCC(CBr)(NC(=O)C(C)C2CC2)C1. The second-order valence-electron chi connectivity index (χ2n) is 6.23. The van der Waals surface area contributed by atoms with Gasteiger partial charge >= 0.3 is 0 Å². The van der Waals surface area contributed by atoms with Crippen LogP contribution in [-0.4, -0.2) is 16.8 Å². The molecule has 3 unspecified atom stereocenters. The molecule has 2 nitrogen and oxygen atoms in total. The maximum atomic E-state index is 12.2. The van der Waals surface area contributed by atoms with Crippen LogP contribution in [0.3, 0.4) is 0 Å². The fraction of sp³-hybridized carbons (Fsp3) is 0.929. The summed E-state index contributed by atoms with van der Waals surface area (Å²) in [7, 11) is 0. The van der Waals surface area contributed by atoms with Crippen molar-refractivity contribution in [3.05, 3.63) is 0 Å². The van der Waals surface area contributed by atoms with Crippen molar-refractivity contribution < 1.29 is 4.79 Å². The standard InChI is InChI=1S/C14H24BrNO/c1-10-4-3-7-14(8-10,9-15)16-13(17)11(2)12-5-6-12/h10-12H,3-9H2,1-2H3,(H,16,17). The summed E-state index contributed by atoms with van der Waals surface area (Å²) >= 11 is 3.61. The molecule has 0 saturated heterocycles. The molecule has 98 valence electrons. The first kappa shape index (κ1) is 13.4. The second-order valence-corrected chi connectivity index (χ2v) is 6.79. The van der Waals surface area contributed by atoms with Crippen LogP contribution in [0, 0.1) is 17.8 Å². The molecule has 0 aromatic carbocycles. The minimum absolute atomic E-state index is 0.0257. The lowest BCUT2D eigenvalue weighted by Gasteiger charge is -2.40. The first-order valence-corrected chi connectivity index (χ1v) is 8.06. The number of halogens is 1. The summed E-state index contributed by atoms with van der Waals surface area (Å²) in [5.41, 5.74) is 0.0257. The highest BCUT2D eigenvalue weighted by Gasteiger charge is 2.39. The summed E-state index contributed by atoms with van der Waals surface area (Å²) in [5, 5.41) is 4.24. The van der Waals surface area contributed by atoms with E-state index < -0.39 is 0 Å². The van der Waals surface area contributed by atoms with Gasteiger partial charge in [-0.2, -0.15) is 0 Å². The summed E-state index contributed by atoms with van der Waals surface area (Å²) in [5.74, 6) is 1.88. The van der Waals surface area contributed by atoms with E-state index in [0.717, 1.165) is 24.1 Å². The average Bonchev–Trinajstić information content (AvgIpc) is 3.12. The Bertz CT molecular complexity index is 290. The predicted molar refractivity (Wildman–Crippen MR) is 74.2 cm³/mol. The van der Waals surface area contributed by atoms with Gasteiger partial charge in [0.2, 0.25) is 5.91 Å². The summed E-state index contributed by atoms with van der Waals surface area (Å²) in [6, 6.07) is 0. The molecule has 17 heavy (non-hydrogen) atoms. The van der Waals surface area contributed by atoms with E-state index in [-0.39, 0.29) is 17.4 Å². The van der Waals surface area contributed by atoms with Crippen molar-refractivity contribution in [2.75, 3.05) is 5.33 Å². The Kier molecular flexibility index (Phi) is 4.17. The third-order valence-electron chi connectivity index (χ3n) is 4.48. The van der Waals surface area contributed by atoms with Gasteiger partial charge in [-0.15, -0.1) is 0 Å². The largest absolute Gasteiger partial charge is 0.350 e. The zero-order chi connectivity index (χ0) is 12.5. The molecule has 2 rings (SSSR count). The average molecular weight is 302 g/mol. The highest BCUT2D eigenvalue weighted by molar-refractivity contribution is 9.09. The van der Waals surface area contributed by atoms with Crippen molar-refractivity contribution in [2.45, 2.75) is 57.9 Å². The van der Waals surface area contributed by atoms with Crippen LogP contribution in [0.25, 0.3) is 0 Å². The van der Waals surface area contributed by atoms with Crippen LogP contribution in [0.1, 0.15) is 52.4 Å². The van der Waals surface area contributed by atoms with Crippen LogP contribution in [0.15, 0.2) is 0 Å². The summed E-state index contributed by atoms with van der Waals surface area (Å²) < 4.78 is 0. The van der Waals surface area contributed by atoms with Crippen molar-refractivity contribution in [3.8, 4) is 0 Å². The molecule has 0 radical (unpaired) electrons. The fourth-order valence-electron chi connectivity index (χ4n) is 3.11. The molecule has 1 N–H and O–H groups in total. The molecule has 3 heteroatoms. The molecule has 2 aliphatic rings. The third-order valence-corrected chi connectivity index (χ3v) is 5.55. The first-order valence-electron chi connectivity index (χ1n) is 6.94. The predicted octanol–water partition coefficient (Wildman–Crippen LogP) is 3.49. The van der Waals surface area contributed by atoms with Crippen LogP contribution in [0.4, 0.5) is 0 Å². The molecule has 2 aliphatic carbocycles. The van der Waals surface area contributed by atoms with Gasteiger partial charge in [-0.1, -0.05) is 42.6 Å². The minimum Gasteiger partial charge on any atom is -0.350 e. The van der Waals surface area contributed by atoms with Crippen LogP contribution < -0.4 is 5.32 Å². The van der Waals surface area contributed by atoms with Crippen molar-refractivity contribution >= 4 is 21.8 Å².